The second-order valence-corrected chi connectivity index (χ2v) is 9.16. The number of primary amides is 1. The van der Waals surface area contributed by atoms with Crippen molar-refractivity contribution in [1.29, 1.82) is 0 Å². The minimum Gasteiger partial charge on any atom is -0.370 e. The largest absolute Gasteiger partial charge is 0.370 e. The van der Waals surface area contributed by atoms with E-state index in [2.05, 4.69) is 33.9 Å². The van der Waals surface area contributed by atoms with Crippen LogP contribution in [-0.4, -0.2) is 61.7 Å². The molecule has 11 heteroatoms. The van der Waals surface area contributed by atoms with Gasteiger partial charge in [-0.1, -0.05) is 79.7 Å². The van der Waals surface area contributed by atoms with Gasteiger partial charge in [0, 0.05) is 39.5 Å². The molecule has 0 bridgehead atoms. The monoisotopic (exact) mass is 596 g/mol. The second-order valence-electron chi connectivity index (χ2n) is 9.16. The summed E-state index contributed by atoms with van der Waals surface area (Å²) in [4.78, 5) is 42.8. The molecule has 3 aromatic carbocycles. The molecule has 3 aromatic rings. The molecule has 1 atom stereocenters. The number of nitrogens with two attached hydrogens (primary N) is 1. The summed E-state index contributed by atoms with van der Waals surface area (Å²) in [5.41, 5.74) is 10.7. The number of halogens is 1. The minimum absolute atomic E-state index is 0.316. The van der Waals surface area contributed by atoms with E-state index in [1.807, 2.05) is 74.4 Å². The van der Waals surface area contributed by atoms with E-state index in [0.29, 0.717) is 38.9 Å². The van der Waals surface area contributed by atoms with Crippen molar-refractivity contribution in [2.45, 2.75) is 46.1 Å². The third-order valence-electron chi connectivity index (χ3n) is 5.26. The summed E-state index contributed by atoms with van der Waals surface area (Å²) in [6.45, 7) is 5.53. The molecular formula is C32H45FN6O4. The predicted molar refractivity (Wildman–Crippen MR) is 167 cm³/mol. The minimum atomic E-state index is -0.542. The van der Waals surface area contributed by atoms with Gasteiger partial charge in [-0.05, 0) is 42.9 Å². The van der Waals surface area contributed by atoms with Crippen LogP contribution < -0.4 is 21.8 Å². The van der Waals surface area contributed by atoms with Gasteiger partial charge in [0.2, 0.25) is 18.7 Å². The lowest BCUT2D eigenvalue weighted by atomic mass is 10.2. The first-order valence-corrected chi connectivity index (χ1v) is 13.7. The normalized spacial score (nSPS) is 10.3. The molecule has 5 N–H and O–H groups in total. The van der Waals surface area contributed by atoms with Gasteiger partial charge in [0.25, 0.3) is 0 Å². The summed E-state index contributed by atoms with van der Waals surface area (Å²) in [5.74, 6) is -0.649. The standard InChI is InChI=1S/C19H23FN4O2.C8H11N.C3H6O.C2H5NO/c1-23(12-17-5-3-2-4-6-17)13-19(21-14-25)24(15-26)22-11-16-7-9-18(20)10-8-16;1-9-7-8-5-3-2-4-6-8;1-2-3-4;1-2(3)4/h2-10,14-15,19,22H,11-13H2,1H3,(H,21,25);2-6,9H,7H2,1H3;3H,2H2,1H3;1H3,(H2,3,4). The Labute approximate surface area is 254 Å². The highest BCUT2D eigenvalue weighted by Gasteiger charge is 2.18. The van der Waals surface area contributed by atoms with Gasteiger partial charge in [0.1, 0.15) is 18.3 Å². The Morgan fingerprint density at radius 3 is 1.81 bits per heavy atom. The molecule has 0 aromatic heterocycles. The third-order valence-corrected chi connectivity index (χ3v) is 5.26. The SMILES string of the molecule is CC(N)=O.CCC=O.CN(Cc1ccccc1)CC(NC=O)N(C=O)NCc1ccc(F)cc1.CNCc1ccccc1. The van der Waals surface area contributed by atoms with Crippen LogP contribution >= 0.6 is 0 Å². The van der Waals surface area contributed by atoms with Crippen molar-refractivity contribution >= 4 is 25.0 Å². The zero-order chi connectivity index (χ0) is 32.3. The lowest BCUT2D eigenvalue weighted by molar-refractivity contribution is -0.126. The van der Waals surface area contributed by atoms with Crippen LogP contribution in [0.2, 0.25) is 0 Å². The first-order valence-electron chi connectivity index (χ1n) is 13.7. The molecular weight excluding hydrogens is 551 g/mol. The molecule has 0 radical (unpaired) electrons. The van der Waals surface area contributed by atoms with Gasteiger partial charge in [-0.3, -0.25) is 24.3 Å². The number of carbonyl (C=O) groups is 4. The predicted octanol–water partition coefficient (Wildman–Crippen LogP) is 2.99. The molecule has 1 unspecified atom stereocenters. The van der Waals surface area contributed by atoms with Crippen molar-refractivity contribution in [3.63, 3.8) is 0 Å². The highest BCUT2D eigenvalue weighted by Crippen LogP contribution is 2.06. The number of likely N-dealkylation sites (N-methyl/N-ethyl adjacent to an activating group) is 1. The van der Waals surface area contributed by atoms with E-state index < -0.39 is 6.17 Å². The Balaban J connectivity index is 0.000000843. The summed E-state index contributed by atoms with van der Waals surface area (Å²) >= 11 is 0. The number of benzene rings is 3. The Bertz CT molecular complexity index is 1130. The molecule has 0 saturated heterocycles. The number of nitrogens with one attached hydrogen (secondary N) is 3. The Morgan fingerprint density at radius 2 is 1.37 bits per heavy atom. The van der Waals surface area contributed by atoms with Crippen LogP contribution in [0.5, 0.6) is 0 Å². The zero-order valence-corrected chi connectivity index (χ0v) is 25.4. The van der Waals surface area contributed by atoms with E-state index in [0.717, 1.165) is 24.0 Å². The molecule has 0 saturated carbocycles. The number of aldehydes is 1. The number of hydrogen-bond acceptors (Lipinski definition) is 7. The Hall–Kier alpha value is -4.45. The van der Waals surface area contributed by atoms with Crippen molar-refractivity contribution < 1.29 is 23.6 Å². The summed E-state index contributed by atoms with van der Waals surface area (Å²) < 4.78 is 13.0. The van der Waals surface area contributed by atoms with Crippen molar-refractivity contribution in [2.24, 2.45) is 5.73 Å². The highest BCUT2D eigenvalue weighted by atomic mass is 19.1. The number of carbonyl (C=O) groups excluding carboxylic acids is 4. The average Bonchev–Trinajstić information content (AvgIpc) is 3.00. The molecule has 0 aliphatic carbocycles. The van der Waals surface area contributed by atoms with Crippen molar-refractivity contribution in [3.8, 4) is 0 Å². The van der Waals surface area contributed by atoms with E-state index in [1.165, 1.54) is 29.6 Å². The van der Waals surface area contributed by atoms with E-state index in [4.69, 9.17) is 0 Å². The average molecular weight is 597 g/mol. The zero-order valence-electron chi connectivity index (χ0n) is 25.4. The first kappa shape index (κ1) is 38.5. The lowest BCUT2D eigenvalue weighted by Gasteiger charge is -2.31. The van der Waals surface area contributed by atoms with Crippen LogP contribution in [0.3, 0.4) is 0 Å². The molecule has 0 fully saturated rings. The number of amides is 3. The van der Waals surface area contributed by atoms with Gasteiger partial charge in [0.15, 0.2) is 0 Å². The van der Waals surface area contributed by atoms with Gasteiger partial charge in [-0.25, -0.2) is 9.82 Å². The van der Waals surface area contributed by atoms with Crippen LogP contribution in [0, 0.1) is 5.82 Å². The van der Waals surface area contributed by atoms with Gasteiger partial charge in [-0.15, -0.1) is 0 Å². The summed E-state index contributed by atoms with van der Waals surface area (Å²) in [6, 6.07) is 26.2. The maximum absolute atomic E-state index is 13.0. The fourth-order valence-corrected chi connectivity index (χ4v) is 3.36. The molecule has 3 rings (SSSR count). The number of hydrogen-bond donors (Lipinski definition) is 4. The molecule has 3 amide bonds. The number of rotatable bonds is 14. The van der Waals surface area contributed by atoms with E-state index in [9.17, 15) is 23.6 Å². The molecule has 0 spiro atoms. The lowest BCUT2D eigenvalue weighted by Crippen LogP contribution is -2.55. The van der Waals surface area contributed by atoms with E-state index in [1.54, 1.807) is 12.1 Å². The van der Waals surface area contributed by atoms with Crippen molar-refractivity contribution in [1.82, 2.24) is 26.0 Å². The quantitative estimate of drug-likeness (QED) is 0.128. The molecule has 10 nitrogen and oxygen atoms in total. The van der Waals surface area contributed by atoms with Crippen LogP contribution in [0.1, 0.15) is 37.0 Å². The highest BCUT2D eigenvalue weighted by molar-refractivity contribution is 5.70. The molecule has 0 aliphatic heterocycles. The second kappa shape index (κ2) is 25.3. The number of hydrazine groups is 1. The molecule has 234 valence electrons. The maximum atomic E-state index is 13.0. The topological polar surface area (TPSA) is 137 Å². The van der Waals surface area contributed by atoms with Gasteiger partial charge >= 0.3 is 0 Å². The molecule has 43 heavy (non-hydrogen) atoms. The summed E-state index contributed by atoms with van der Waals surface area (Å²) in [6.07, 6.45) is 2.16. The summed E-state index contributed by atoms with van der Waals surface area (Å²) in [5, 5.41) is 7.03. The first-order chi connectivity index (χ1) is 20.7. The van der Waals surface area contributed by atoms with Gasteiger partial charge < -0.3 is 21.2 Å². The van der Waals surface area contributed by atoms with Crippen molar-refractivity contribution in [3.05, 3.63) is 107 Å². The third kappa shape index (κ3) is 21.0. The van der Waals surface area contributed by atoms with Crippen LogP contribution in [-0.2, 0) is 38.8 Å². The Morgan fingerprint density at radius 1 is 0.884 bits per heavy atom. The van der Waals surface area contributed by atoms with Crippen molar-refractivity contribution in [2.75, 3.05) is 20.6 Å². The van der Waals surface area contributed by atoms with E-state index in [-0.39, 0.29) is 11.7 Å². The molecule has 0 heterocycles. The van der Waals surface area contributed by atoms with Crippen LogP contribution in [0.25, 0.3) is 0 Å². The fraction of sp³-hybridized carbons (Fsp3) is 0.312. The van der Waals surface area contributed by atoms with Gasteiger partial charge in [0.05, 0.1) is 0 Å². The van der Waals surface area contributed by atoms with Crippen LogP contribution in [0.4, 0.5) is 4.39 Å². The fourth-order valence-electron chi connectivity index (χ4n) is 3.36. The maximum Gasteiger partial charge on any atom is 0.225 e. The van der Waals surface area contributed by atoms with Gasteiger partial charge in [-0.2, -0.15) is 0 Å². The van der Waals surface area contributed by atoms with E-state index >= 15 is 0 Å². The smallest absolute Gasteiger partial charge is 0.225 e. The molecule has 0 aliphatic rings. The number of nitrogens with zero attached hydrogens (tertiary/aromatic N) is 2. The Kier molecular flexibility index (Phi) is 22.7. The van der Waals surface area contributed by atoms with Crippen LogP contribution in [0.15, 0.2) is 84.9 Å². The summed E-state index contributed by atoms with van der Waals surface area (Å²) in [7, 11) is 3.86.